The highest BCUT2D eigenvalue weighted by molar-refractivity contribution is 5.68. The molecule has 9 nitrogen and oxygen atoms in total. The summed E-state index contributed by atoms with van der Waals surface area (Å²) in [4.78, 5) is 14.6. The smallest absolute Gasteiger partial charge is 0.314 e. The van der Waals surface area contributed by atoms with E-state index in [1.807, 2.05) is 0 Å². The summed E-state index contributed by atoms with van der Waals surface area (Å²) in [6, 6.07) is 6.80. The van der Waals surface area contributed by atoms with E-state index in [9.17, 15) is 15.2 Å². The molecular weight excluding hydrogens is 328 g/mol. The molecule has 1 unspecified atom stereocenters. The number of nitrogens with zero attached hydrogens (tertiary/aromatic N) is 4. The Balaban J connectivity index is 1.65. The van der Waals surface area contributed by atoms with Gasteiger partial charge in [0.05, 0.1) is 30.4 Å². The molecular formula is C16H16N4O5. The van der Waals surface area contributed by atoms with Gasteiger partial charge in [-0.3, -0.25) is 19.8 Å². The van der Waals surface area contributed by atoms with Gasteiger partial charge in [0.2, 0.25) is 0 Å². The van der Waals surface area contributed by atoms with Crippen LogP contribution in [-0.2, 0) is 17.9 Å². The van der Waals surface area contributed by atoms with Gasteiger partial charge < -0.3 is 14.3 Å². The van der Waals surface area contributed by atoms with Crippen LogP contribution in [0.3, 0.4) is 0 Å². The molecule has 0 amide bonds. The monoisotopic (exact) mass is 344 g/mol. The number of hydrogen-bond donors (Lipinski definition) is 1. The van der Waals surface area contributed by atoms with E-state index in [0.717, 1.165) is 0 Å². The minimum Gasteiger partial charge on any atom is -0.467 e. The number of aromatic nitrogens is 3. The fourth-order valence-electron chi connectivity index (χ4n) is 2.31. The predicted octanol–water partition coefficient (Wildman–Crippen LogP) is 2.02. The largest absolute Gasteiger partial charge is 0.467 e. The van der Waals surface area contributed by atoms with E-state index < -0.39 is 11.0 Å². The Morgan fingerprint density at radius 2 is 2.16 bits per heavy atom. The van der Waals surface area contributed by atoms with E-state index in [-0.39, 0.29) is 31.1 Å². The Bertz CT molecular complexity index is 816. The summed E-state index contributed by atoms with van der Waals surface area (Å²) in [7, 11) is 0. The normalized spacial score (nSPS) is 12.2. The van der Waals surface area contributed by atoms with Gasteiger partial charge in [0.15, 0.2) is 5.69 Å². The van der Waals surface area contributed by atoms with Crippen LogP contribution in [0.1, 0.15) is 5.76 Å². The second-order valence-electron chi connectivity index (χ2n) is 5.33. The summed E-state index contributed by atoms with van der Waals surface area (Å²) >= 11 is 0. The molecule has 0 aliphatic heterocycles. The second kappa shape index (κ2) is 7.69. The highest BCUT2D eigenvalue weighted by Gasteiger charge is 2.21. The van der Waals surface area contributed by atoms with E-state index >= 15 is 0 Å². The summed E-state index contributed by atoms with van der Waals surface area (Å²) < 4.78 is 11.8. The summed E-state index contributed by atoms with van der Waals surface area (Å²) in [5, 5.41) is 25.5. The molecule has 3 aromatic rings. The average Bonchev–Trinajstić information content (AvgIpc) is 3.25. The molecule has 0 saturated heterocycles. The number of ether oxygens (including phenoxy) is 1. The van der Waals surface area contributed by atoms with Gasteiger partial charge in [-0.05, 0) is 24.3 Å². The Kier molecular flexibility index (Phi) is 5.17. The van der Waals surface area contributed by atoms with Gasteiger partial charge in [-0.25, -0.2) is 0 Å². The number of aliphatic hydroxyl groups excluding tert-OH is 1. The zero-order chi connectivity index (χ0) is 17.6. The van der Waals surface area contributed by atoms with Gasteiger partial charge in [-0.15, -0.1) is 0 Å². The predicted molar refractivity (Wildman–Crippen MR) is 86.5 cm³/mol. The topological polar surface area (TPSA) is 116 Å². The van der Waals surface area contributed by atoms with Crippen molar-refractivity contribution in [2.24, 2.45) is 0 Å². The first-order chi connectivity index (χ1) is 12.1. The van der Waals surface area contributed by atoms with Crippen LogP contribution in [0, 0.1) is 10.1 Å². The molecule has 0 radical (unpaired) electrons. The van der Waals surface area contributed by atoms with Crippen molar-refractivity contribution in [3.63, 3.8) is 0 Å². The Labute approximate surface area is 142 Å². The van der Waals surface area contributed by atoms with Crippen molar-refractivity contribution in [3.8, 4) is 11.3 Å². The van der Waals surface area contributed by atoms with E-state index in [4.69, 9.17) is 9.15 Å². The minimum absolute atomic E-state index is 0.0545. The summed E-state index contributed by atoms with van der Waals surface area (Å²) in [6.45, 7) is 0.370. The molecule has 130 valence electrons. The third-order valence-electron chi connectivity index (χ3n) is 3.43. The lowest BCUT2D eigenvalue weighted by Gasteiger charge is -2.10. The number of hydrogen-bond acceptors (Lipinski definition) is 7. The fourth-order valence-corrected chi connectivity index (χ4v) is 2.31. The molecule has 0 aliphatic rings. The summed E-state index contributed by atoms with van der Waals surface area (Å²) in [5.41, 5.74) is 0.690. The van der Waals surface area contributed by atoms with Crippen LogP contribution in [0.4, 0.5) is 5.69 Å². The molecule has 1 atom stereocenters. The Morgan fingerprint density at radius 1 is 1.36 bits per heavy atom. The molecule has 0 bridgehead atoms. The molecule has 9 heteroatoms. The second-order valence-corrected chi connectivity index (χ2v) is 5.33. The zero-order valence-electron chi connectivity index (χ0n) is 13.2. The maximum Gasteiger partial charge on any atom is 0.314 e. The van der Waals surface area contributed by atoms with E-state index in [2.05, 4.69) is 10.1 Å². The van der Waals surface area contributed by atoms with Gasteiger partial charge in [0.1, 0.15) is 18.6 Å². The van der Waals surface area contributed by atoms with E-state index in [1.165, 1.54) is 23.3 Å². The average molecular weight is 344 g/mol. The number of furan rings is 1. The van der Waals surface area contributed by atoms with Crippen LogP contribution in [0.5, 0.6) is 0 Å². The zero-order valence-corrected chi connectivity index (χ0v) is 13.2. The highest BCUT2D eigenvalue weighted by Crippen LogP contribution is 2.27. The molecule has 3 aromatic heterocycles. The molecule has 0 aromatic carbocycles. The lowest BCUT2D eigenvalue weighted by molar-refractivity contribution is -0.384. The maximum absolute atomic E-state index is 11.2. The maximum atomic E-state index is 11.2. The molecule has 3 heterocycles. The SMILES string of the molecule is O=[N+]([O-])c1cn(CC(O)COCc2ccco2)nc1-c1ccncc1. The van der Waals surface area contributed by atoms with Crippen molar-refractivity contribution >= 4 is 5.69 Å². The standard InChI is InChI=1S/C16H16N4O5/c21-13(10-24-11-14-2-1-7-25-14)8-19-9-15(20(22)23)16(18-19)12-3-5-17-6-4-12/h1-7,9,13,21H,8,10-11H2. The fraction of sp³-hybridized carbons (Fsp3) is 0.250. The first-order valence-corrected chi connectivity index (χ1v) is 7.54. The van der Waals surface area contributed by atoms with Crippen molar-refractivity contribution < 1.29 is 19.2 Å². The lowest BCUT2D eigenvalue weighted by Crippen LogP contribution is -2.22. The Hall–Kier alpha value is -3.04. The van der Waals surface area contributed by atoms with Crippen LogP contribution in [0.2, 0.25) is 0 Å². The molecule has 0 fully saturated rings. The van der Waals surface area contributed by atoms with Crippen molar-refractivity contribution in [3.05, 3.63) is 65.0 Å². The molecule has 0 saturated carbocycles. The summed E-state index contributed by atoms with van der Waals surface area (Å²) in [5.74, 6) is 0.655. The highest BCUT2D eigenvalue weighted by atomic mass is 16.6. The third-order valence-corrected chi connectivity index (χ3v) is 3.43. The Morgan fingerprint density at radius 3 is 2.84 bits per heavy atom. The van der Waals surface area contributed by atoms with Crippen molar-refractivity contribution in [2.45, 2.75) is 19.3 Å². The first-order valence-electron chi connectivity index (χ1n) is 7.54. The summed E-state index contributed by atoms with van der Waals surface area (Å²) in [6.07, 6.45) is 5.05. The molecule has 0 spiro atoms. The number of pyridine rings is 1. The molecule has 1 N–H and O–H groups in total. The van der Waals surface area contributed by atoms with Crippen LogP contribution in [0.15, 0.2) is 53.5 Å². The first kappa shape index (κ1) is 16.8. The quantitative estimate of drug-likeness (QED) is 0.491. The van der Waals surface area contributed by atoms with Gasteiger partial charge in [-0.2, -0.15) is 5.10 Å². The molecule has 0 aliphatic carbocycles. The van der Waals surface area contributed by atoms with Crippen LogP contribution in [0.25, 0.3) is 11.3 Å². The van der Waals surface area contributed by atoms with Crippen molar-refractivity contribution in [2.75, 3.05) is 6.61 Å². The van der Waals surface area contributed by atoms with Crippen LogP contribution < -0.4 is 0 Å². The van der Waals surface area contributed by atoms with Gasteiger partial charge in [0.25, 0.3) is 0 Å². The van der Waals surface area contributed by atoms with Gasteiger partial charge >= 0.3 is 5.69 Å². The number of nitro groups is 1. The third kappa shape index (κ3) is 4.28. The van der Waals surface area contributed by atoms with Crippen molar-refractivity contribution in [1.82, 2.24) is 14.8 Å². The van der Waals surface area contributed by atoms with E-state index in [1.54, 1.807) is 30.5 Å². The number of rotatable bonds is 8. The van der Waals surface area contributed by atoms with Crippen molar-refractivity contribution in [1.29, 1.82) is 0 Å². The van der Waals surface area contributed by atoms with E-state index in [0.29, 0.717) is 11.3 Å². The van der Waals surface area contributed by atoms with Gasteiger partial charge in [0, 0.05) is 18.0 Å². The minimum atomic E-state index is -0.861. The van der Waals surface area contributed by atoms with Gasteiger partial charge in [-0.1, -0.05) is 0 Å². The van der Waals surface area contributed by atoms with Crippen LogP contribution in [-0.4, -0.2) is 37.5 Å². The lowest BCUT2D eigenvalue weighted by atomic mass is 10.2. The molecule has 25 heavy (non-hydrogen) atoms. The number of aliphatic hydroxyl groups is 1. The van der Waals surface area contributed by atoms with Crippen LogP contribution >= 0.6 is 0 Å². The molecule has 3 rings (SSSR count).